The molecule has 17 heavy (non-hydrogen) atoms. The zero-order valence-electron chi connectivity index (χ0n) is 9.35. The van der Waals surface area contributed by atoms with Gasteiger partial charge < -0.3 is 4.90 Å². The molecule has 1 saturated heterocycles. The van der Waals surface area contributed by atoms with Gasteiger partial charge in [-0.3, -0.25) is 0 Å². The lowest BCUT2D eigenvalue weighted by molar-refractivity contribution is 0.0612. The highest BCUT2D eigenvalue weighted by Gasteiger charge is 2.35. The first kappa shape index (κ1) is 10.4. The Morgan fingerprint density at radius 3 is 2.88 bits per heavy atom. The number of nitrogens with zero attached hydrogens (tertiary/aromatic N) is 4. The summed E-state index contributed by atoms with van der Waals surface area (Å²) in [5.74, 6) is 0.214. The van der Waals surface area contributed by atoms with Crippen LogP contribution in [0.25, 0.3) is 5.52 Å². The second-order valence-corrected chi connectivity index (χ2v) is 4.37. The van der Waals surface area contributed by atoms with Crippen molar-refractivity contribution in [1.29, 1.82) is 0 Å². The summed E-state index contributed by atoms with van der Waals surface area (Å²) in [7, 11) is 0. The van der Waals surface area contributed by atoms with Crippen molar-refractivity contribution in [2.75, 3.05) is 18.0 Å². The van der Waals surface area contributed by atoms with E-state index in [4.69, 9.17) is 0 Å². The van der Waals surface area contributed by atoms with Crippen LogP contribution in [0.15, 0.2) is 18.5 Å². The van der Waals surface area contributed by atoms with Crippen LogP contribution in [0.4, 0.5) is 14.6 Å². The zero-order chi connectivity index (χ0) is 12.0. The van der Waals surface area contributed by atoms with Gasteiger partial charge in [-0.2, -0.15) is 5.10 Å². The summed E-state index contributed by atoms with van der Waals surface area (Å²) < 4.78 is 26.6. The minimum Gasteiger partial charge on any atom is -0.354 e. The number of alkyl halides is 2. The van der Waals surface area contributed by atoms with Crippen LogP contribution in [0.3, 0.4) is 0 Å². The number of aromatic nitrogens is 3. The van der Waals surface area contributed by atoms with Gasteiger partial charge in [0.2, 0.25) is 6.43 Å². The predicted octanol–water partition coefficient (Wildman–Crippen LogP) is 1.74. The highest BCUT2D eigenvalue weighted by molar-refractivity contribution is 5.70. The Morgan fingerprint density at radius 1 is 1.41 bits per heavy atom. The predicted molar refractivity (Wildman–Crippen MR) is 59.4 cm³/mol. The Hall–Kier alpha value is -1.72. The van der Waals surface area contributed by atoms with Crippen LogP contribution in [0.1, 0.15) is 5.69 Å². The van der Waals surface area contributed by atoms with E-state index >= 15 is 0 Å². The van der Waals surface area contributed by atoms with Gasteiger partial charge in [-0.1, -0.05) is 0 Å². The molecule has 0 spiro atoms. The lowest BCUT2D eigenvalue weighted by Gasteiger charge is -2.39. The van der Waals surface area contributed by atoms with E-state index in [-0.39, 0.29) is 0 Å². The first-order chi connectivity index (χ1) is 8.15. The highest BCUT2D eigenvalue weighted by Crippen LogP contribution is 2.29. The lowest BCUT2D eigenvalue weighted by atomic mass is 10.0. The van der Waals surface area contributed by atoms with Crippen LogP contribution in [0, 0.1) is 12.8 Å². The molecule has 1 aliphatic heterocycles. The van der Waals surface area contributed by atoms with E-state index < -0.39 is 12.3 Å². The fourth-order valence-corrected chi connectivity index (χ4v) is 2.12. The molecule has 1 aliphatic rings. The quantitative estimate of drug-likeness (QED) is 0.799. The maximum atomic E-state index is 12.4. The first-order valence-corrected chi connectivity index (χ1v) is 5.49. The summed E-state index contributed by atoms with van der Waals surface area (Å²) in [6.07, 6.45) is 1.17. The summed E-state index contributed by atoms with van der Waals surface area (Å²) in [6, 6.07) is 1.91. The van der Waals surface area contributed by atoms with Crippen LogP contribution in [0.2, 0.25) is 0 Å². The smallest absolute Gasteiger partial charge is 0.244 e. The third-order valence-corrected chi connectivity index (χ3v) is 3.06. The molecule has 2 aromatic rings. The summed E-state index contributed by atoms with van der Waals surface area (Å²) in [5, 5.41) is 4.27. The number of halogens is 2. The first-order valence-electron chi connectivity index (χ1n) is 5.49. The lowest BCUT2D eigenvalue weighted by Crippen LogP contribution is -2.50. The number of hydrogen-bond donors (Lipinski definition) is 0. The van der Waals surface area contributed by atoms with Crippen LogP contribution < -0.4 is 4.90 Å². The second kappa shape index (κ2) is 3.65. The van der Waals surface area contributed by atoms with Crippen molar-refractivity contribution in [3.8, 4) is 0 Å². The average Bonchev–Trinajstić information content (AvgIpc) is 2.56. The van der Waals surface area contributed by atoms with E-state index in [9.17, 15) is 8.78 Å². The van der Waals surface area contributed by atoms with Gasteiger partial charge in [-0.15, -0.1) is 0 Å². The summed E-state index contributed by atoms with van der Waals surface area (Å²) in [5.41, 5.74) is 1.77. The van der Waals surface area contributed by atoms with Crippen molar-refractivity contribution in [2.24, 2.45) is 5.92 Å². The van der Waals surface area contributed by atoms with Crippen LogP contribution >= 0.6 is 0 Å². The highest BCUT2D eigenvalue weighted by atomic mass is 19.3. The number of rotatable bonds is 2. The van der Waals surface area contributed by atoms with E-state index in [0.29, 0.717) is 13.1 Å². The zero-order valence-corrected chi connectivity index (χ0v) is 9.35. The fourth-order valence-electron chi connectivity index (χ4n) is 2.12. The van der Waals surface area contributed by atoms with Crippen molar-refractivity contribution in [3.05, 3.63) is 24.2 Å². The largest absolute Gasteiger partial charge is 0.354 e. The molecule has 0 aliphatic carbocycles. The molecule has 3 rings (SSSR count). The SMILES string of the molecule is Cc1cc2c(N3CC(C(F)F)C3)nccn2n1. The molecule has 0 amide bonds. The molecule has 0 saturated carbocycles. The Kier molecular flexibility index (Phi) is 2.24. The molecular weight excluding hydrogens is 226 g/mol. The third-order valence-electron chi connectivity index (χ3n) is 3.06. The van der Waals surface area contributed by atoms with E-state index in [1.54, 1.807) is 16.9 Å². The monoisotopic (exact) mass is 238 g/mol. The fraction of sp³-hybridized carbons (Fsp3) is 0.455. The third kappa shape index (κ3) is 1.64. The van der Waals surface area contributed by atoms with Crippen LogP contribution in [0.5, 0.6) is 0 Å². The van der Waals surface area contributed by atoms with Crippen molar-refractivity contribution in [1.82, 2.24) is 14.6 Å². The summed E-state index contributed by atoms with van der Waals surface area (Å²) >= 11 is 0. The minimum absolute atomic E-state index is 0.370. The summed E-state index contributed by atoms with van der Waals surface area (Å²) in [4.78, 5) is 6.12. The number of hydrogen-bond acceptors (Lipinski definition) is 3. The van der Waals surface area contributed by atoms with Crippen molar-refractivity contribution in [2.45, 2.75) is 13.3 Å². The Labute approximate surface area is 96.9 Å². The average molecular weight is 238 g/mol. The number of aryl methyl sites for hydroxylation is 1. The molecular formula is C11H12F2N4. The molecule has 0 aromatic carbocycles. The van der Waals surface area contributed by atoms with E-state index in [1.807, 2.05) is 17.9 Å². The Morgan fingerprint density at radius 2 is 2.18 bits per heavy atom. The number of fused-ring (bicyclic) bond motifs is 1. The van der Waals surface area contributed by atoms with Gasteiger partial charge in [0.15, 0.2) is 5.82 Å². The van der Waals surface area contributed by atoms with Crippen molar-refractivity contribution >= 4 is 11.3 Å². The minimum atomic E-state index is -2.24. The van der Waals surface area contributed by atoms with Crippen molar-refractivity contribution < 1.29 is 8.78 Å². The summed E-state index contributed by atoms with van der Waals surface area (Å²) in [6.45, 7) is 2.64. The molecule has 6 heteroatoms. The van der Waals surface area contributed by atoms with Gasteiger partial charge in [-0.05, 0) is 13.0 Å². The maximum Gasteiger partial charge on any atom is 0.244 e. The van der Waals surface area contributed by atoms with E-state index in [0.717, 1.165) is 17.0 Å². The van der Waals surface area contributed by atoms with Crippen molar-refractivity contribution in [3.63, 3.8) is 0 Å². The van der Waals surface area contributed by atoms with Gasteiger partial charge in [0.25, 0.3) is 0 Å². The van der Waals surface area contributed by atoms with Gasteiger partial charge in [0.05, 0.1) is 11.6 Å². The van der Waals surface area contributed by atoms with Gasteiger partial charge >= 0.3 is 0 Å². The topological polar surface area (TPSA) is 33.4 Å². The Bertz CT molecular complexity index is 545. The maximum absolute atomic E-state index is 12.4. The molecule has 0 bridgehead atoms. The molecule has 0 atom stereocenters. The van der Waals surface area contributed by atoms with Gasteiger partial charge in [-0.25, -0.2) is 18.3 Å². The molecule has 90 valence electrons. The molecule has 0 N–H and O–H groups in total. The van der Waals surface area contributed by atoms with E-state index in [2.05, 4.69) is 10.1 Å². The molecule has 2 aromatic heterocycles. The van der Waals surface area contributed by atoms with Crippen LogP contribution in [-0.4, -0.2) is 34.1 Å². The van der Waals surface area contributed by atoms with Gasteiger partial charge in [0.1, 0.15) is 5.52 Å². The van der Waals surface area contributed by atoms with Crippen LogP contribution in [-0.2, 0) is 0 Å². The normalized spacial score (nSPS) is 16.8. The molecule has 1 fully saturated rings. The molecule has 0 unspecified atom stereocenters. The molecule has 4 nitrogen and oxygen atoms in total. The second-order valence-electron chi connectivity index (χ2n) is 4.37. The standard InChI is InChI=1S/C11H12F2N4/c1-7-4-9-11(14-2-3-17(9)15-7)16-5-8(6-16)10(12)13/h2-4,8,10H,5-6H2,1H3. The Balaban J connectivity index is 1.91. The van der Waals surface area contributed by atoms with Gasteiger partial charge in [0, 0.05) is 25.5 Å². The number of anilines is 1. The molecule has 0 radical (unpaired) electrons. The van der Waals surface area contributed by atoms with E-state index in [1.165, 1.54) is 0 Å². The molecule has 3 heterocycles.